The molecule has 0 aliphatic rings. The molecule has 0 atom stereocenters. The second-order valence-electron chi connectivity index (χ2n) is 5.80. The molecule has 0 radical (unpaired) electrons. The quantitative estimate of drug-likeness (QED) is 0.662. The van der Waals surface area contributed by atoms with Gasteiger partial charge in [0.25, 0.3) is 0 Å². The molecule has 1 aromatic heterocycles. The van der Waals surface area contributed by atoms with E-state index in [9.17, 15) is 9.18 Å². The molecular formula is C21H18FN3O. The normalized spacial score (nSPS) is 10.3. The highest BCUT2D eigenvalue weighted by molar-refractivity contribution is 6.18. The number of nitrogens with two attached hydrogens (primary N) is 1. The van der Waals surface area contributed by atoms with Crippen molar-refractivity contribution in [3.8, 4) is 11.3 Å². The van der Waals surface area contributed by atoms with E-state index in [-0.39, 0.29) is 11.4 Å². The summed E-state index contributed by atoms with van der Waals surface area (Å²) >= 11 is 0. The Morgan fingerprint density at radius 1 is 1.12 bits per heavy atom. The van der Waals surface area contributed by atoms with Crippen LogP contribution >= 0.6 is 0 Å². The van der Waals surface area contributed by atoms with Gasteiger partial charge in [0.15, 0.2) is 0 Å². The molecule has 3 rings (SSSR count). The van der Waals surface area contributed by atoms with Crippen LogP contribution in [0.2, 0.25) is 0 Å². The summed E-state index contributed by atoms with van der Waals surface area (Å²) in [5.74, 6) is -0.832. The molecule has 26 heavy (non-hydrogen) atoms. The van der Waals surface area contributed by atoms with Crippen molar-refractivity contribution < 1.29 is 9.18 Å². The Morgan fingerprint density at radius 2 is 1.88 bits per heavy atom. The van der Waals surface area contributed by atoms with Crippen molar-refractivity contribution in [3.63, 3.8) is 0 Å². The molecule has 130 valence electrons. The topological polar surface area (TPSA) is 68.0 Å². The van der Waals surface area contributed by atoms with Gasteiger partial charge in [-0.25, -0.2) is 4.39 Å². The molecule has 0 aliphatic heterocycles. The van der Waals surface area contributed by atoms with Gasteiger partial charge in [0, 0.05) is 29.6 Å². The first-order valence-electron chi connectivity index (χ1n) is 8.07. The average molecular weight is 347 g/mol. The lowest BCUT2D eigenvalue weighted by Gasteiger charge is -2.14. The van der Waals surface area contributed by atoms with Crippen molar-refractivity contribution in [1.82, 2.24) is 4.98 Å². The van der Waals surface area contributed by atoms with Crippen LogP contribution in [0.25, 0.3) is 16.8 Å². The van der Waals surface area contributed by atoms with Crippen LogP contribution in [0.1, 0.15) is 11.1 Å². The number of hydrogen-bond donors (Lipinski definition) is 2. The monoisotopic (exact) mass is 347 g/mol. The maximum absolute atomic E-state index is 13.0. The van der Waals surface area contributed by atoms with E-state index < -0.39 is 5.91 Å². The van der Waals surface area contributed by atoms with E-state index in [2.05, 4.69) is 16.9 Å². The number of halogens is 1. The van der Waals surface area contributed by atoms with E-state index >= 15 is 0 Å². The van der Waals surface area contributed by atoms with E-state index in [1.807, 2.05) is 30.3 Å². The third kappa shape index (κ3) is 3.95. The largest absolute Gasteiger partial charge is 0.380 e. The lowest BCUT2D eigenvalue weighted by Crippen LogP contribution is -2.12. The van der Waals surface area contributed by atoms with Crippen molar-refractivity contribution in [2.45, 2.75) is 6.54 Å². The maximum Gasteiger partial charge on any atom is 0.248 e. The van der Waals surface area contributed by atoms with Crippen molar-refractivity contribution >= 4 is 17.2 Å². The molecule has 3 aromatic rings. The molecule has 5 heteroatoms. The Labute approximate surface area is 151 Å². The molecule has 2 aromatic carbocycles. The fourth-order valence-electron chi connectivity index (χ4n) is 2.56. The zero-order valence-electron chi connectivity index (χ0n) is 14.1. The van der Waals surface area contributed by atoms with Crippen LogP contribution in [-0.4, -0.2) is 10.9 Å². The van der Waals surface area contributed by atoms with Gasteiger partial charge < -0.3 is 11.1 Å². The van der Waals surface area contributed by atoms with Gasteiger partial charge in [0.2, 0.25) is 5.91 Å². The molecular weight excluding hydrogens is 329 g/mol. The Balaban J connectivity index is 1.94. The summed E-state index contributed by atoms with van der Waals surface area (Å²) in [7, 11) is 0. The number of rotatable bonds is 6. The number of pyridine rings is 1. The number of aromatic nitrogens is 1. The number of nitrogens with one attached hydrogen (secondary N) is 1. The molecule has 0 fully saturated rings. The van der Waals surface area contributed by atoms with Gasteiger partial charge in [-0.2, -0.15) is 0 Å². The van der Waals surface area contributed by atoms with Crippen LogP contribution in [-0.2, 0) is 11.3 Å². The van der Waals surface area contributed by atoms with Crippen molar-refractivity contribution in [2.24, 2.45) is 5.73 Å². The Hall–Kier alpha value is -3.47. The SMILES string of the molecule is C=C(C(N)=O)c1ccc(NCc2ccc(F)cc2)c(-c2ccccn2)c1. The van der Waals surface area contributed by atoms with Crippen LogP contribution in [0, 0.1) is 5.82 Å². The molecule has 0 saturated carbocycles. The predicted octanol–water partition coefficient (Wildman–Crippen LogP) is 4.00. The first-order chi connectivity index (χ1) is 12.5. The van der Waals surface area contributed by atoms with E-state index in [1.165, 1.54) is 12.1 Å². The summed E-state index contributed by atoms with van der Waals surface area (Å²) in [6.45, 7) is 4.26. The fourth-order valence-corrected chi connectivity index (χ4v) is 2.56. The third-order valence-corrected chi connectivity index (χ3v) is 4.00. The molecule has 3 N–H and O–H groups in total. The van der Waals surface area contributed by atoms with Crippen LogP contribution in [0.5, 0.6) is 0 Å². The third-order valence-electron chi connectivity index (χ3n) is 4.00. The van der Waals surface area contributed by atoms with Crippen LogP contribution in [0.3, 0.4) is 0 Å². The second-order valence-corrected chi connectivity index (χ2v) is 5.80. The van der Waals surface area contributed by atoms with Gasteiger partial charge in [0.05, 0.1) is 5.69 Å². The van der Waals surface area contributed by atoms with Gasteiger partial charge in [-0.1, -0.05) is 30.8 Å². The Kier molecular flexibility index (Phi) is 5.08. The molecule has 4 nitrogen and oxygen atoms in total. The van der Waals surface area contributed by atoms with Gasteiger partial charge in [-0.05, 0) is 47.5 Å². The van der Waals surface area contributed by atoms with E-state index in [0.717, 1.165) is 22.5 Å². The molecule has 1 heterocycles. The minimum absolute atomic E-state index is 0.243. The highest BCUT2D eigenvalue weighted by atomic mass is 19.1. The molecule has 0 bridgehead atoms. The Bertz CT molecular complexity index is 937. The maximum atomic E-state index is 13.0. The average Bonchev–Trinajstić information content (AvgIpc) is 2.67. The van der Waals surface area contributed by atoms with Gasteiger partial charge >= 0.3 is 0 Å². The summed E-state index contributed by atoms with van der Waals surface area (Å²) in [5, 5.41) is 3.33. The first-order valence-corrected chi connectivity index (χ1v) is 8.07. The number of anilines is 1. The number of carbonyl (C=O) groups excluding carboxylic acids is 1. The van der Waals surface area contributed by atoms with Crippen LogP contribution < -0.4 is 11.1 Å². The van der Waals surface area contributed by atoms with E-state index in [4.69, 9.17) is 5.73 Å². The minimum atomic E-state index is -0.566. The lowest BCUT2D eigenvalue weighted by molar-refractivity contribution is -0.112. The number of primary amides is 1. The highest BCUT2D eigenvalue weighted by Gasteiger charge is 2.11. The van der Waals surface area contributed by atoms with Gasteiger partial charge in [0.1, 0.15) is 5.82 Å². The standard InChI is InChI=1S/C21H18FN3O/c1-14(21(23)26)16-7-10-20(18(12-16)19-4-2-3-11-24-19)25-13-15-5-8-17(22)9-6-15/h2-12,25H,1,13H2,(H2,23,26). The Morgan fingerprint density at radius 3 is 2.54 bits per heavy atom. The lowest BCUT2D eigenvalue weighted by atomic mass is 10.00. The van der Waals surface area contributed by atoms with Crippen molar-refractivity contribution in [1.29, 1.82) is 0 Å². The van der Waals surface area contributed by atoms with Gasteiger partial charge in [-0.3, -0.25) is 9.78 Å². The number of carbonyl (C=O) groups is 1. The summed E-state index contributed by atoms with van der Waals surface area (Å²) in [6.07, 6.45) is 1.70. The minimum Gasteiger partial charge on any atom is -0.380 e. The highest BCUT2D eigenvalue weighted by Crippen LogP contribution is 2.30. The summed E-state index contributed by atoms with van der Waals surface area (Å²) in [4.78, 5) is 15.8. The molecule has 0 spiro atoms. The van der Waals surface area contributed by atoms with Crippen molar-refractivity contribution in [2.75, 3.05) is 5.32 Å². The molecule has 1 amide bonds. The number of amides is 1. The van der Waals surface area contributed by atoms with Gasteiger partial charge in [-0.15, -0.1) is 0 Å². The van der Waals surface area contributed by atoms with Crippen LogP contribution in [0.15, 0.2) is 73.4 Å². The number of benzene rings is 2. The smallest absolute Gasteiger partial charge is 0.248 e. The van der Waals surface area contributed by atoms with E-state index in [0.29, 0.717) is 12.1 Å². The number of nitrogens with zero attached hydrogens (tertiary/aromatic N) is 1. The van der Waals surface area contributed by atoms with Crippen molar-refractivity contribution in [3.05, 3.63) is 90.4 Å². The zero-order chi connectivity index (χ0) is 18.5. The van der Waals surface area contributed by atoms with Crippen LogP contribution in [0.4, 0.5) is 10.1 Å². The zero-order valence-corrected chi connectivity index (χ0v) is 14.1. The summed E-state index contributed by atoms with van der Waals surface area (Å²) < 4.78 is 13.0. The molecule has 0 saturated heterocycles. The first kappa shape index (κ1) is 17.4. The summed E-state index contributed by atoms with van der Waals surface area (Å²) in [6, 6.07) is 17.4. The molecule has 0 unspecified atom stereocenters. The second kappa shape index (κ2) is 7.61. The predicted molar refractivity (Wildman–Crippen MR) is 102 cm³/mol. The number of hydrogen-bond acceptors (Lipinski definition) is 3. The summed E-state index contributed by atoms with van der Waals surface area (Å²) in [5.41, 5.74) is 9.60. The van der Waals surface area contributed by atoms with E-state index in [1.54, 1.807) is 24.4 Å². The fraction of sp³-hybridized carbons (Fsp3) is 0.0476. The molecule has 0 aliphatic carbocycles.